The standard InChI is InChI=1S/C17H28N2O3/c20-16-10-15(18-17(21)14-6-8-22-9-7-14)12-19(16)11-13-4-2-1-3-5-13/h13-15H,1-12H2,(H,18,21)/t15-/m0/s1. The minimum atomic E-state index is 0.00596. The van der Waals surface area contributed by atoms with Crippen molar-refractivity contribution in [2.75, 3.05) is 26.3 Å². The molecule has 124 valence electrons. The lowest BCUT2D eigenvalue weighted by molar-refractivity contribution is -0.128. The molecule has 0 aromatic rings. The minimum absolute atomic E-state index is 0.00596. The van der Waals surface area contributed by atoms with Crippen LogP contribution in [0.2, 0.25) is 0 Å². The van der Waals surface area contributed by atoms with Gasteiger partial charge in [0.2, 0.25) is 11.8 Å². The number of nitrogens with one attached hydrogen (secondary N) is 1. The average Bonchev–Trinajstić information content (AvgIpc) is 2.88. The van der Waals surface area contributed by atoms with Crippen LogP contribution < -0.4 is 5.32 Å². The molecule has 0 spiro atoms. The molecule has 1 aliphatic carbocycles. The SMILES string of the molecule is O=C(N[C@H]1CC(=O)N(CC2CCCCC2)C1)C1CCOCC1. The Morgan fingerprint density at radius 1 is 1.14 bits per heavy atom. The third-order valence-electron chi connectivity index (χ3n) is 5.36. The van der Waals surface area contributed by atoms with E-state index in [1.807, 2.05) is 4.90 Å². The molecule has 2 saturated heterocycles. The fourth-order valence-corrected chi connectivity index (χ4v) is 4.01. The normalized spacial score (nSPS) is 28.1. The molecule has 0 bridgehead atoms. The van der Waals surface area contributed by atoms with Crippen LogP contribution >= 0.6 is 0 Å². The first-order valence-electron chi connectivity index (χ1n) is 8.88. The molecular formula is C17H28N2O3. The molecule has 22 heavy (non-hydrogen) atoms. The van der Waals surface area contributed by atoms with Crippen molar-refractivity contribution in [3.8, 4) is 0 Å². The molecule has 1 atom stereocenters. The van der Waals surface area contributed by atoms with E-state index in [1.54, 1.807) is 0 Å². The summed E-state index contributed by atoms with van der Waals surface area (Å²) in [5.41, 5.74) is 0. The van der Waals surface area contributed by atoms with Gasteiger partial charge in [-0.2, -0.15) is 0 Å². The number of carbonyl (C=O) groups excluding carboxylic acids is 2. The van der Waals surface area contributed by atoms with E-state index in [0.29, 0.717) is 32.1 Å². The molecular weight excluding hydrogens is 280 g/mol. The lowest BCUT2D eigenvalue weighted by Crippen LogP contribution is -2.42. The van der Waals surface area contributed by atoms with Crippen LogP contribution in [0.15, 0.2) is 0 Å². The van der Waals surface area contributed by atoms with Crippen molar-refractivity contribution in [1.29, 1.82) is 0 Å². The Labute approximate surface area is 132 Å². The second-order valence-electron chi connectivity index (χ2n) is 7.10. The number of ether oxygens (including phenoxy) is 1. The van der Waals surface area contributed by atoms with Gasteiger partial charge in [-0.3, -0.25) is 9.59 Å². The predicted molar refractivity (Wildman–Crippen MR) is 83.2 cm³/mol. The molecule has 5 heteroatoms. The van der Waals surface area contributed by atoms with Crippen LogP contribution in [0.3, 0.4) is 0 Å². The van der Waals surface area contributed by atoms with Crippen molar-refractivity contribution in [3.05, 3.63) is 0 Å². The number of carbonyl (C=O) groups is 2. The maximum atomic E-state index is 12.3. The van der Waals surface area contributed by atoms with Gasteiger partial charge in [-0.15, -0.1) is 0 Å². The van der Waals surface area contributed by atoms with E-state index < -0.39 is 0 Å². The molecule has 0 aromatic carbocycles. The fraction of sp³-hybridized carbons (Fsp3) is 0.882. The molecule has 0 unspecified atom stereocenters. The second kappa shape index (κ2) is 7.44. The summed E-state index contributed by atoms with van der Waals surface area (Å²) in [5.74, 6) is 1.06. The van der Waals surface area contributed by atoms with Crippen molar-refractivity contribution < 1.29 is 14.3 Å². The highest BCUT2D eigenvalue weighted by molar-refractivity contribution is 5.83. The van der Waals surface area contributed by atoms with Gasteiger partial charge < -0.3 is 15.0 Å². The summed E-state index contributed by atoms with van der Waals surface area (Å²) < 4.78 is 5.30. The maximum absolute atomic E-state index is 12.3. The minimum Gasteiger partial charge on any atom is -0.381 e. The van der Waals surface area contributed by atoms with Gasteiger partial charge in [-0.1, -0.05) is 19.3 Å². The largest absolute Gasteiger partial charge is 0.381 e. The summed E-state index contributed by atoms with van der Waals surface area (Å²) in [6.07, 6.45) is 8.53. The van der Waals surface area contributed by atoms with Gasteiger partial charge in [-0.25, -0.2) is 0 Å². The Morgan fingerprint density at radius 3 is 2.59 bits per heavy atom. The van der Waals surface area contributed by atoms with E-state index in [-0.39, 0.29) is 23.8 Å². The number of hydrogen-bond donors (Lipinski definition) is 1. The van der Waals surface area contributed by atoms with Crippen LogP contribution in [0.25, 0.3) is 0 Å². The fourth-order valence-electron chi connectivity index (χ4n) is 4.01. The highest BCUT2D eigenvalue weighted by Gasteiger charge is 2.33. The van der Waals surface area contributed by atoms with Crippen LogP contribution in [0.5, 0.6) is 0 Å². The van der Waals surface area contributed by atoms with E-state index in [9.17, 15) is 9.59 Å². The van der Waals surface area contributed by atoms with Crippen molar-refractivity contribution in [1.82, 2.24) is 10.2 Å². The molecule has 2 amide bonds. The van der Waals surface area contributed by atoms with E-state index in [1.165, 1.54) is 32.1 Å². The molecule has 2 heterocycles. The maximum Gasteiger partial charge on any atom is 0.224 e. The Balaban J connectivity index is 1.45. The van der Waals surface area contributed by atoms with Crippen molar-refractivity contribution in [3.63, 3.8) is 0 Å². The molecule has 3 rings (SSSR count). The number of rotatable bonds is 4. The first-order chi connectivity index (χ1) is 10.7. The number of likely N-dealkylation sites (tertiary alicyclic amines) is 1. The number of nitrogens with zero attached hydrogens (tertiary/aromatic N) is 1. The van der Waals surface area contributed by atoms with Crippen LogP contribution in [0, 0.1) is 11.8 Å². The molecule has 0 aromatic heterocycles. The van der Waals surface area contributed by atoms with Crippen molar-refractivity contribution in [2.24, 2.45) is 11.8 Å². The number of hydrogen-bond acceptors (Lipinski definition) is 3. The molecule has 1 saturated carbocycles. The Hall–Kier alpha value is -1.10. The lowest BCUT2D eigenvalue weighted by Gasteiger charge is -2.27. The second-order valence-corrected chi connectivity index (χ2v) is 7.10. The third-order valence-corrected chi connectivity index (χ3v) is 5.36. The molecule has 0 radical (unpaired) electrons. The molecule has 5 nitrogen and oxygen atoms in total. The topological polar surface area (TPSA) is 58.6 Å². The number of amides is 2. The van der Waals surface area contributed by atoms with Gasteiger partial charge in [0, 0.05) is 38.6 Å². The monoisotopic (exact) mass is 308 g/mol. The van der Waals surface area contributed by atoms with E-state index in [0.717, 1.165) is 19.4 Å². The molecule has 2 aliphatic heterocycles. The lowest BCUT2D eigenvalue weighted by atomic mass is 9.89. The summed E-state index contributed by atoms with van der Waals surface area (Å²) in [7, 11) is 0. The van der Waals surface area contributed by atoms with Gasteiger partial charge in [0.1, 0.15) is 0 Å². The Morgan fingerprint density at radius 2 is 1.86 bits per heavy atom. The van der Waals surface area contributed by atoms with Gasteiger partial charge in [-0.05, 0) is 31.6 Å². The highest BCUT2D eigenvalue weighted by Crippen LogP contribution is 2.26. The zero-order chi connectivity index (χ0) is 15.4. The van der Waals surface area contributed by atoms with Crippen LogP contribution in [-0.4, -0.2) is 49.1 Å². The van der Waals surface area contributed by atoms with Crippen LogP contribution in [0.4, 0.5) is 0 Å². The molecule has 1 N–H and O–H groups in total. The average molecular weight is 308 g/mol. The summed E-state index contributed by atoms with van der Waals surface area (Å²) in [6.45, 7) is 2.94. The summed E-state index contributed by atoms with van der Waals surface area (Å²) in [4.78, 5) is 26.4. The first kappa shape index (κ1) is 15.8. The third kappa shape index (κ3) is 4.00. The highest BCUT2D eigenvalue weighted by atomic mass is 16.5. The van der Waals surface area contributed by atoms with Gasteiger partial charge in [0.15, 0.2) is 0 Å². The Bertz CT molecular complexity index is 401. The quantitative estimate of drug-likeness (QED) is 0.860. The molecule has 3 fully saturated rings. The first-order valence-corrected chi connectivity index (χ1v) is 8.88. The van der Waals surface area contributed by atoms with Gasteiger partial charge in [0.05, 0.1) is 6.04 Å². The summed E-state index contributed by atoms with van der Waals surface area (Å²) in [6, 6.07) is 0.00596. The van der Waals surface area contributed by atoms with Gasteiger partial charge in [0.25, 0.3) is 0 Å². The molecule has 3 aliphatic rings. The predicted octanol–water partition coefficient (Wildman–Crippen LogP) is 1.71. The van der Waals surface area contributed by atoms with Crippen LogP contribution in [0.1, 0.15) is 51.4 Å². The van der Waals surface area contributed by atoms with Gasteiger partial charge >= 0.3 is 0 Å². The van der Waals surface area contributed by atoms with Crippen molar-refractivity contribution >= 4 is 11.8 Å². The van der Waals surface area contributed by atoms with Crippen molar-refractivity contribution in [2.45, 2.75) is 57.4 Å². The van der Waals surface area contributed by atoms with E-state index in [4.69, 9.17) is 4.74 Å². The summed E-state index contributed by atoms with van der Waals surface area (Å²) in [5, 5.41) is 3.09. The van der Waals surface area contributed by atoms with Crippen LogP contribution in [-0.2, 0) is 14.3 Å². The Kier molecular flexibility index (Phi) is 5.34. The van der Waals surface area contributed by atoms with E-state index in [2.05, 4.69) is 5.32 Å². The zero-order valence-electron chi connectivity index (χ0n) is 13.4. The zero-order valence-corrected chi connectivity index (χ0v) is 13.4. The van der Waals surface area contributed by atoms with E-state index >= 15 is 0 Å². The smallest absolute Gasteiger partial charge is 0.224 e. The summed E-state index contributed by atoms with van der Waals surface area (Å²) >= 11 is 0.